The molecule has 0 bridgehead atoms. The summed E-state index contributed by atoms with van der Waals surface area (Å²) in [6, 6.07) is -0.358. The zero-order chi connectivity index (χ0) is 13.6. The molecule has 0 amide bonds. The standard InChI is InChI=1S/C12H23N3O3/c1-5-6-16-7-9(13)11-14-10(18-15-11)8-17-12(2,3)4/h9H,5-8,13H2,1-4H3. The fourth-order valence-corrected chi connectivity index (χ4v) is 1.18. The molecule has 6 heteroatoms. The summed E-state index contributed by atoms with van der Waals surface area (Å²) in [5, 5.41) is 3.82. The minimum absolute atomic E-state index is 0.235. The second-order valence-electron chi connectivity index (χ2n) is 5.13. The number of hydrogen-bond donors (Lipinski definition) is 1. The monoisotopic (exact) mass is 257 g/mol. The third-order valence-electron chi connectivity index (χ3n) is 2.09. The van der Waals surface area contributed by atoms with Gasteiger partial charge in [-0.3, -0.25) is 0 Å². The van der Waals surface area contributed by atoms with Gasteiger partial charge in [0.05, 0.1) is 18.2 Å². The van der Waals surface area contributed by atoms with E-state index < -0.39 is 0 Å². The molecule has 0 saturated heterocycles. The smallest absolute Gasteiger partial charge is 0.252 e. The number of aromatic nitrogens is 2. The van der Waals surface area contributed by atoms with Crippen LogP contribution in [-0.2, 0) is 16.1 Å². The van der Waals surface area contributed by atoms with E-state index in [1.807, 2.05) is 27.7 Å². The van der Waals surface area contributed by atoms with Gasteiger partial charge in [-0.05, 0) is 27.2 Å². The maximum absolute atomic E-state index is 5.88. The summed E-state index contributed by atoms with van der Waals surface area (Å²) < 4.78 is 15.9. The van der Waals surface area contributed by atoms with Crippen LogP contribution < -0.4 is 5.73 Å². The molecule has 1 rings (SSSR count). The Kier molecular flexibility index (Phi) is 5.71. The van der Waals surface area contributed by atoms with Gasteiger partial charge in [0.15, 0.2) is 5.82 Å². The van der Waals surface area contributed by atoms with Crippen LogP contribution in [0.1, 0.15) is 51.9 Å². The highest BCUT2D eigenvalue weighted by molar-refractivity contribution is 4.92. The van der Waals surface area contributed by atoms with Gasteiger partial charge in [0, 0.05) is 6.61 Å². The van der Waals surface area contributed by atoms with E-state index >= 15 is 0 Å². The predicted octanol–water partition coefficient (Wildman–Crippen LogP) is 1.81. The van der Waals surface area contributed by atoms with Crippen molar-refractivity contribution in [1.29, 1.82) is 0 Å². The van der Waals surface area contributed by atoms with Crippen molar-refractivity contribution in [2.75, 3.05) is 13.2 Å². The number of nitrogens with two attached hydrogens (primary N) is 1. The first kappa shape index (κ1) is 15.1. The molecule has 104 valence electrons. The van der Waals surface area contributed by atoms with Crippen molar-refractivity contribution in [3.05, 3.63) is 11.7 Å². The lowest BCUT2D eigenvalue weighted by molar-refractivity contribution is -0.0260. The summed E-state index contributed by atoms with van der Waals surface area (Å²) in [7, 11) is 0. The summed E-state index contributed by atoms with van der Waals surface area (Å²) in [6.45, 7) is 9.32. The van der Waals surface area contributed by atoms with E-state index in [-0.39, 0.29) is 11.6 Å². The van der Waals surface area contributed by atoms with E-state index in [0.29, 0.717) is 31.5 Å². The Morgan fingerprint density at radius 2 is 2.11 bits per heavy atom. The van der Waals surface area contributed by atoms with Crippen molar-refractivity contribution >= 4 is 0 Å². The molecule has 0 aliphatic carbocycles. The largest absolute Gasteiger partial charge is 0.379 e. The highest BCUT2D eigenvalue weighted by Crippen LogP contribution is 2.12. The predicted molar refractivity (Wildman–Crippen MR) is 66.9 cm³/mol. The van der Waals surface area contributed by atoms with E-state index in [2.05, 4.69) is 10.1 Å². The number of nitrogens with zero attached hydrogens (tertiary/aromatic N) is 2. The molecule has 0 aromatic carbocycles. The Morgan fingerprint density at radius 1 is 1.39 bits per heavy atom. The fraction of sp³-hybridized carbons (Fsp3) is 0.833. The van der Waals surface area contributed by atoms with Gasteiger partial charge in [0.2, 0.25) is 0 Å². The Balaban J connectivity index is 2.42. The Morgan fingerprint density at radius 3 is 2.72 bits per heavy atom. The van der Waals surface area contributed by atoms with Gasteiger partial charge >= 0.3 is 0 Å². The number of hydrogen-bond acceptors (Lipinski definition) is 6. The summed E-state index contributed by atoms with van der Waals surface area (Å²) in [5.41, 5.74) is 5.65. The van der Waals surface area contributed by atoms with Crippen molar-refractivity contribution < 1.29 is 14.0 Å². The number of rotatable bonds is 7. The first-order valence-electron chi connectivity index (χ1n) is 6.22. The molecule has 18 heavy (non-hydrogen) atoms. The molecule has 0 saturated carbocycles. The van der Waals surface area contributed by atoms with Crippen LogP contribution in [0.4, 0.5) is 0 Å². The maximum Gasteiger partial charge on any atom is 0.252 e. The molecule has 0 radical (unpaired) electrons. The van der Waals surface area contributed by atoms with E-state index in [9.17, 15) is 0 Å². The second-order valence-corrected chi connectivity index (χ2v) is 5.13. The van der Waals surface area contributed by atoms with Crippen LogP contribution in [0, 0.1) is 0 Å². The SMILES string of the molecule is CCCOCC(N)c1noc(COC(C)(C)C)n1. The van der Waals surface area contributed by atoms with E-state index in [1.54, 1.807) is 0 Å². The van der Waals surface area contributed by atoms with Crippen LogP contribution in [0.3, 0.4) is 0 Å². The molecule has 1 aromatic rings. The van der Waals surface area contributed by atoms with Gasteiger partial charge in [0.1, 0.15) is 6.61 Å². The lowest BCUT2D eigenvalue weighted by atomic mass is 10.2. The molecule has 6 nitrogen and oxygen atoms in total. The molecule has 1 aromatic heterocycles. The van der Waals surface area contributed by atoms with Crippen LogP contribution in [0.25, 0.3) is 0 Å². The Labute approximate surface area is 108 Å². The lowest BCUT2D eigenvalue weighted by Crippen LogP contribution is -2.20. The van der Waals surface area contributed by atoms with E-state index in [1.165, 1.54) is 0 Å². The highest BCUT2D eigenvalue weighted by Gasteiger charge is 2.17. The van der Waals surface area contributed by atoms with E-state index in [0.717, 1.165) is 6.42 Å². The topological polar surface area (TPSA) is 83.4 Å². The second kappa shape index (κ2) is 6.82. The third-order valence-corrected chi connectivity index (χ3v) is 2.09. The van der Waals surface area contributed by atoms with E-state index in [4.69, 9.17) is 19.7 Å². The molecule has 1 atom stereocenters. The van der Waals surface area contributed by atoms with Gasteiger partial charge in [-0.15, -0.1) is 0 Å². The van der Waals surface area contributed by atoms with Crippen molar-refractivity contribution in [3.63, 3.8) is 0 Å². The van der Waals surface area contributed by atoms with Crippen molar-refractivity contribution in [1.82, 2.24) is 10.1 Å². The summed E-state index contributed by atoms with van der Waals surface area (Å²) in [4.78, 5) is 4.18. The molecular weight excluding hydrogens is 234 g/mol. The highest BCUT2D eigenvalue weighted by atomic mass is 16.5. The average molecular weight is 257 g/mol. The minimum Gasteiger partial charge on any atom is -0.379 e. The zero-order valence-corrected chi connectivity index (χ0v) is 11.6. The van der Waals surface area contributed by atoms with Crippen LogP contribution in [0.15, 0.2) is 4.52 Å². The number of ether oxygens (including phenoxy) is 2. The fourth-order valence-electron chi connectivity index (χ4n) is 1.18. The lowest BCUT2D eigenvalue weighted by Gasteiger charge is -2.17. The molecule has 0 fully saturated rings. The van der Waals surface area contributed by atoms with Gasteiger partial charge in [-0.2, -0.15) is 4.98 Å². The van der Waals surface area contributed by atoms with Crippen LogP contribution in [-0.4, -0.2) is 29.0 Å². The van der Waals surface area contributed by atoms with Crippen LogP contribution >= 0.6 is 0 Å². The normalized spacial score (nSPS) is 13.8. The molecule has 1 heterocycles. The molecule has 0 aliphatic heterocycles. The molecular formula is C12H23N3O3. The van der Waals surface area contributed by atoms with Crippen LogP contribution in [0.2, 0.25) is 0 Å². The minimum atomic E-state index is -0.358. The quantitative estimate of drug-likeness (QED) is 0.750. The average Bonchev–Trinajstić information content (AvgIpc) is 2.74. The molecule has 0 aliphatic rings. The van der Waals surface area contributed by atoms with Crippen molar-refractivity contribution in [2.45, 2.75) is 52.4 Å². The summed E-state index contributed by atoms with van der Waals surface area (Å²) in [6.07, 6.45) is 0.962. The zero-order valence-electron chi connectivity index (χ0n) is 11.6. The Hall–Kier alpha value is -0.980. The Bertz CT molecular complexity index is 347. The molecule has 1 unspecified atom stereocenters. The first-order valence-corrected chi connectivity index (χ1v) is 6.22. The summed E-state index contributed by atoms with van der Waals surface area (Å²) >= 11 is 0. The van der Waals surface area contributed by atoms with Crippen LogP contribution in [0.5, 0.6) is 0 Å². The third kappa shape index (κ3) is 5.57. The van der Waals surface area contributed by atoms with Gasteiger partial charge in [-0.25, -0.2) is 0 Å². The van der Waals surface area contributed by atoms with Gasteiger partial charge < -0.3 is 19.7 Å². The molecule has 2 N–H and O–H groups in total. The molecule has 0 spiro atoms. The maximum atomic E-state index is 5.88. The van der Waals surface area contributed by atoms with Gasteiger partial charge in [-0.1, -0.05) is 12.1 Å². The van der Waals surface area contributed by atoms with Crippen molar-refractivity contribution in [3.8, 4) is 0 Å². The summed E-state index contributed by atoms with van der Waals surface area (Å²) in [5.74, 6) is 0.893. The first-order chi connectivity index (χ1) is 8.42. The van der Waals surface area contributed by atoms with Gasteiger partial charge in [0.25, 0.3) is 5.89 Å². The van der Waals surface area contributed by atoms with Crippen molar-refractivity contribution in [2.24, 2.45) is 5.73 Å².